The van der Waals surface area contributed by atoms with Crippen LogP contribution >= 0.6 is 0 Å². The van der Waals surface area contributed by atoms with Crippen LogP contribution in [0.25, 0.3) is 10.9 Å². The maximum Gasteiger partial charge on any atom is 0.219 e. The lowest BCUT2D eigenvalue weighted by Gasteiger charge is -2.29. The van der Waals surface area contributed by atoms with Gasteiger partial charge in [0.05, 0.1) is 17.4 Å². The zero-order valence-electron chi connectivity index (χ0n) is 16.9. The van der Waals surface area contributed by atoms with E-state index in [1.807, 2.05) is 25.1 Å². The van der Waals surface area contributed by atoms with E-state index in [2.05, 4.69) is 15.2 Å². The lowest BCUT2D eigenvalue weighted by atomic mass is 9.73. The summed E-state index contributed by atoms with van der Waals surface area (Å²) >= 11 is 0. The molecule has 2 aromatic rings. The summed E-state index contributed by atoms with van der Waals surface area (Å²) in [6.07, 6.45) is 3.91. The van der Waals surface area contributed by atoms with Gasteiger partial charge in [-0.3, -0.25) is 9.69 Å². The zero-order valence-corrected chi connectivity index (χ0v) is 16.9. The predicted octanol–water partition coefficient (Wildman–Crippen LogP) is 3.27. The van der Waals surface area contributed by atoms with Crippen LogP contribution in [-0.4, -0.2) is 47.1 Å². The average Bonchev–Trinajstić information content (AvgIpc) is 3.35. The van der Waals surface area contributed by atoms with Gasteiger partial charge in [-0.1, -0.05) is 25.1 Å². The molecular formula is C23H28FN3O2. The van der Waals surface area contributed by atoms with Crippen LogP contribution in [-0.2, 0) is 16.1 Å². The molecule has 154 valence electrons. The van der Waals surface area contributed by atoms with Crippen molar-refractivity contribution in [2.75, 3.05) is 19.6 Å². The van der Waals surface area contributed by atoms with Crippen LogP contribution in [0.4, 0.5) is 4.39 Å². The number of hydrogen-bond acceptors (Lipinski definition) is 4. The first-order chi connectivity index (χ1) is 14.1. The Bertz CT molecular complexity index is 935. The summed E-state index contributed by atoms with van der Waals surface area (Å²) in [6.45, 7) is 5.28. The molecule has 3 aliphatic heterocycles. The molecule has 4 atom stereocenters. The highest BCUT2D eigenvalue weighted by atomic mass is 19.1. The molecule has 0 unspecified atom stereocenters. The summed E-state index contributed by atoms with van der Waals surface area (Å²) in [4.78, 5) is 18.9. The molecule has 2 bridgehead atoms. The molecule has 1 spiro atoms. The van der Waals surface area contributed by atoms with Gasteiger partial charge < -0.3 is 10.1 Å². The van der Waals surface area contributed by atoms with Crippen LogP contribution in [0.1, 0.15) is 38.3 Å². The summed E-state index contributed by atoms with van der Waals surface area (Å²) in [7, 11) is 0. The first-order valence-corrected chi connectivity index (χ1v) is 10.8. The third-order valence-electron chi connectivity index (χ3n) is 6.98. The van der Waals surface area contributed by atoms with Gasteiger partial charge in [0, 0.05) is 49.8 Å². The SMILES string of the molecule is CCCC(=O)NC[C@H]1[C@H]2CN(Cc3ccc4cccc(F)c4n3)C[C@]23CC[C@H]1O3. The van der Waals surface area contributed by atoms with Crippen LogP contribution in [0.15, 0.2) is 30.3 Å². The number of carbonyl (C=O) groups excluding carboxylic acids is 1. The molecule has 3 fully saturated rings. The molecule has 0 saturated carbocycles. The Morgan fingerprint density at radius 1 is 1.38 bits per heavy atom. The van der Waals surface area contributed by atoms with E-state index in [1.165, 1.54) is 6.07 Å². The van der Waals surface area contributed by atoms with Gasteiger partial charge in [0.25, 0.3) is 0 Å². The zero-order chi connectivity index (χ0) is 20.0. The number of likely N-dealkylation sites (tertiary alicyclic amines) is 1. The minimum atomic E-state index is -0.272. The topological polar surface area (TPSA) is 54.5 Å². The molecule has 3 saturated heterocycles. The third-order valence-corrected chi connectivity index (χ3v) is 6.98. The molecule has 6 heteroatoms. The van der Waals surface area contributed by atoms with Gasteiger partial charge >= 0.3 is 0 Å². The van der Waals surface area contributed by atoms with E-state index in [-0.39, 0.29) is 23.4 Å². The quantitative estimate of drug-likeness (QED) is 0.813. The highest BCUT2D eigenvalue weighted by Gasteiger charge is 2.62. The molecule has 0 radical (unpaired) electrons. The Morgan fingerprint density at radius 2 is 2.28 bits per heavy atom. The van der Waals surface area contributed by atoms with Gasteiger partial charge in [0.15, 0.2) is 0 Å². The van der Waals surface area contributed by atoms with Crippen molar-refractivity contribution in [3.05, 3.63) is 41.8 Å². The van der Waals surface area contributed by atoms with E-state index in [4.69, 9.17) is 4.74 Å². The van der Waals surface area contributed by atoms with Gasteiger partial charge in [-0.25, -0.2) is 9.37 Å². The second-order valence-corrected chi connectivity index (χ2v) is 8.87. The van der Waals surface area contributed by atoms with Crippen LogP contribution < -0.4 is 5.32 Å². The van der Waals surface area contributed by atoms with E-state index < -0.39 is 0 Å². The number of para-hydroxylation sites is 1. The van der Waals surface area contributed by atoms with Crippen molar-refractivity contribution in [3.63, 3.8) is 0 Å². The van der Waals surface area contributed by atoms with Gasteiger partial charge in [0.2, 0.25) is 5.91 Å². The normalized spacial score (nSPS) is 30.8. The number of carbonyl (C=O) groups is 1. The predicted molar refractivity (Wildman–Crippen MR) is 109 cm³/mol. The Kier molecular flexibility index (Phi) is 4.79. The number of ether oxygens (including phenoxy) is 1. The summed E-state index contributed by atoms with van der Waals surface area (Å²) in [5.74, 6) is 0.699. The number of benzene rings is 1. The first-order valence-electron chi connectivity index (χ1n) is 10.8. The Balaban J connectivity index is 1.29. The van der Waals surface area contributed by atoms with Crippen LogP contribution in [0, 0.1) is 17.7 Å². The number of pyridine rings is 1. The van der Waals surface area contributed by atoms with E-state index in [0.29, 0.717) is 36.9 Å². The van der Waals surface area contributed by atoms with E-state index in [1.54, 1.807) is 6.07 Å². The van der Waals surface area contributed by atoms with Crippen molar-refractivity contribution in [2.24, 2.45) is 11.8 Å². The van der Waals surface area contributed by atoms with Crippen LogP contribution in [0.3, 0.4) is 0 Å². The number of halogens is 1. The van der Waals surface area contributed by atoms with Crippen molar-refractivity contribution in [1.29, 1.82) is 0 Å². The van der Waals surface area contributed by atoms with Crippen molar-refractivity contribution in [1.82, 2.24) is 15.2 Å². The number of amides is 1. The molecule has 1 aromatic heterocycles. The van der Waals surface area contributed by atoms with Crippen LogP contribution in [0.2, 0.25) is 0 Å². The molecule has 1 aromatic carbocycles. The largest absolute Gasteiger partial charge is 0.370 e. The summed E-state index contributed by atoms with van der Waals surface area (Å²) < 4.78 is 20.6. The lowest BCUT2D eigenvalue weighted by Crippen LogP contribution is -2.41. The number of nitrogens with one attached hydrogen (secondary N) is 1. The van der Waals surface area contributed by atoms with Crippen molar-refractivity contribution in [2.45, 2.75) is 50.9 Å². The van der Waals surface area contributed by atoms with E-state index in [0.717, 1.165) is 43.4 Å². The molecule has 5 rings (SSSR count). The second-order valence-electron chi connectivity index (χ2n) is 8.87. The number of aromatic nitrogens is 1. The second kappa shape index (κ2) is 7.33. The number of hydrogen-bond donors (Lipinski definition) is 1. The maximum atomic E-state index is 14.1. The Labute approximate surface area is 170 Å². The van der Waals surface area contributed by atoms with Gasteiger partial charge in [-0.15, -0.1) is 0 Å². The molecule has 1 amide bonds. The van der Waals surface area contributed by atoms with Gasteiger partial charge in [0.1, 0.15) is 11.3 Å². The summed E-state index contributed by atoms with van der Waals surface area (Å²) in [5, 5.41) is 3.95. The fourth-order valence-corrected chi connectivity index (χ4v) is 5.70. The number of fused-ring (bicyclic) bond motifs is 2. The molecule has 29 heavy (non-hydrogen) atoms. The molecule has 3 aliphatic rings. The standard InChI is InChI=1S/C23H28FN3O2/c1-2-4-21(28)25-11-17-18-13-27(14-23(18)10-9-20(17)29-23)12-16-8-7-15-5-3-6-19(24)22(15)26-16/h3,5-8,17-18,20H,2,4,9-14H2,1H3,(H,25,28)/t17-,18+,20+,23+/m0/s1. The lowest BCUT2D eigenvalue weighted by molar-refractivity contribution is -0.121. The molecule has 0 aliphatic carbocycles. The Morgan fingerprint density at radius 3 is 3.14 bits per heavy atom. The first kappa shape index (κ1) is 18.9. The molecule has 5 nitrogen and oxygen atoms in total. The number of rotatable bonds is 6. The van der Waals surface area contributed by atoms with Crippen molar-refractivity contribution in [3.8, 4) is 0 Å². The molecular weight excluding hydrogens is 369 g/mol. The fraction of sp³-hybridized carbons (Fsp3) is 0.565. The highest BCUT2D eigenvalue weighted by molar-refractivity contribution is 5.79. The minimum absolute atomic E-state index is 0.0765. The van der Waals surface area contributed by atoms with E-state index in [9.17, 15) is 9.18 Å². The molecule has 4 heterocycles. The summed E-state index contributed by atoms with van der Waals surface area (Å²) in [5.41, 5.74) is 1.25. The smallest absolute Gasteiger partial charge is 0.219 e. The average molecular weight is 397 g/mol. The van der Waals surface area contributed by atoms with Gasteiger partial charge in [-0.2, -0.15) is 0 Å². The van der Waals surface area contributed by atoms with Gasteiger partial charge in [-0.05, 0) is 31.4 Å². The monoisotopic (exact) mass is 397 g/mol. The molecule has 1 N–H and O–H groups in total. The van der Waals surface area contributed by atoms with Crippen molar-refractivity contribution >= 4 is 16.8 Å². The minimum Gasteiger partial charge on any atom is -0.370 e. The summed E-state index contributed by atoms with van der Waals surface area (Å²) in [6, 6.07) is 9.01. The Hall–Kier alpha value is -2.05. The number of nitrogens with zero attached hydrogens (tertiary/aromatic N) is 2. The van der Waals surface area contributed by atoms with Crippen molar-refractivity contribution < 1.29 is 13.9 Å². The third kappa shape index (κ3) is 3.32. The van der Waals surface area contributed by atoms with E-state index >= 15 is 0 Å². The fourth-order valence-electron chi connectivity index (χ4n) is 5.70. The highest BCUT2D eigenvalue weighted by Crippen LogP contribution is 2.54. The van der Waals surface area contributed by atoms with Crippen LogP contribution in [0.5, 0.6) is 0 Å². The maximum absolute atomic E-state index is 14.1.